The number of aryl methyl sites for hydroxylation is 1. The van der Waals surface area contributed by atoms with Crippen LogP contribution < -0.4 is 10.1 Å². The van der Waals surface area contributed by atoms with Crippen molar-refractivity contribution in [1.29, 1.82) is 0 Å². The average molecular weight is 305 g/mol. The highest BCUT2D eigenvalue weighted by molar-refractivity contribution is 7.15. The van der Waals surface area contributed by atoms with Crippen LogP contribution >= 0.6 is 11.3 Å². The number of benzene rings is 1. The van der Waals surface area contributed by atoms with Crippen LogP contribution in [0, 0.1) is 12.8 Å². The first-order valence-corrected chi connectivity index (χ1v) is 7.62. The predicted octanol–water partition coefficient (Wildman–Crippen LogP) is 3.06. The summed E-state index contributed by atoms with van der Waals surface area (Å²) in [7, 11) is 1.66. The van der Waals surface area contributed by atoms with Crippen LogP contribution in [0.4, 0.5) is 5.13 Å². The van der Waals surface area contributed by atoms with Gasteiger partial charge in [-0.3, -0.25) is 4.79 Å². The van der Waals surface area contributed by atoms with Gasteiger partial charge in [0.25, 0.3) is 0 Å². The Bertz CT molecular complexity index is 612. The monoisotopic (exact) mass is 305 g/mol. The Balaban J connectivity index is 1.89. The van der Waals surface area contributed by atoms with Crippen LogP contribution in [0.1, 0.15) is 23.9 Å². The molecule has 0 aliphatic carbocycles. The molecule has 1 heterocycles. The lowest BCUT2D eigenvalue weighted by Crippen LogP contribution is -2.16. The summed E-state index contributed by atoms with van der Waals surface area (Å²) in [5.74, 6) is 1.05. The molecule has 0 bridgehead atoms. The quantitative estimate of drug-likeness (QED) is 0.891. The van der Waals surface area contributed by atoms with E-state index in [4.69, 9.17) is 4.74 Å². The van der Waals surface area contributed by atoms with Crippen LogP contribution in [0.2, 0.25) is 0 Å². The normalized spacial score (nSPS) is 12.0. The molecule has 0 aliphatic heterocycles. The first kappa shape index (κ1) is 15.4. The summed E-state index contributed by atoms with van der Waals surface area (Å²) in [6.45, 7) is 3.91. The number of para-hydroxylation sites is 1. The third-order valence-corrected chi connectivity index (χ3v) is 3.82. The van der Waals surface area contributed by atoms with Gasteiger partial charge in [-0.05, 0) is 30.9 Å². The molecule has 0 aliphatic rings. The molecule has 1 amide bonds. The van der Waals surface area contributed by atoms with E-state index in [0.29, 0.717) is 11.6 Å². The Morgan fingerprint density at radius 1 is 1.38 bits per heavy atom. The second kappa shape index (κ2) is 7.17. The van der Waals surface area contributed by atoms with Crippen molar-refractivity contribution in [2.75, 3.05) is 12.4 Å². The number of anilines is 1. The number of ether oxygens (including phenoxy) is 1. The summed E-state index contributed by atoms with van der Waals surface area (Å²) in [6, 6.07) is 7.89. The SMILES string of the molecule is COc1ccccc1C[C@@H](C)CC(=O)Nc1nnc(C)s1. The zero-order chi connectivity index (χ0) is 15.2. The van der Waals surface area contributed by atoms with Crippen LogP contribution in [0.15, 0.2) is 24.3 Å². The molecular weight excluding hydrogens is 286 g/mol. The molecule has 0 radical (unpaired) electrons. The van der Waals surface area contributed by atoms with Gasteiger partial charge < -0.3 is 10.1 Å². The fourth-order valence-electron chi connectivity index (χ4n) is 2.15. The summed E-state index contributed by atoms with van der Waals surface area (Å²) in [6.07, 6.45) is 1.24. The molecule has 1 aromatic carbocycles. The maximum Gasteiger partial charge on any atom is 0.226 e. The maximum absolute atomic E-state index is 12.0. The van der Waals surface area contributed by atoms with Crippen molar-refractivity contribution in [3.63, 3.8) is 0 Å². The molecule has 21 heavy (non-hydrogen) atoms. The van der Waals surface area contributed by atoms with Crippen molar-refractivity contribution in [3.8, 4) is 5.75 Å². The van der Waals surface area contributed by atoms with Gasteiger partial charge in [0.1, 0.15) is 10.8 Å². The lowest BCUT2D eigenvalue weighted by molar-refractivity contribution is -0.116. The summed E-state index contributed by atoms with van der Waals surface area (Å²) in [5, 5.41) is 11.9. The highest BCUT2D eigenvalue weighted by Gasteiger charge is 2.13. The number of hydrogen-bond donors (Lipinski definition) is 1. The number of rotatable bonds is 6. The summed E-state index contributed by atoms with van der Waals surface area (Å²) in [5.41, 5.74) is 1.12. The third kappa shape index (κ3) is 4.53. The first-order chi connectivity index (χ1) is 10.1. The largest absolute Gasteiger partial charge is 0.496 e. The molecule has 0 fully saturated rings. The number of hydrogen-bond acceptors (Lipinski definition) is 5. The van der Waals surface area contributed by atoms with Gasteiger partial charge >= 0.3 is 0 Å². The third-order valence-electron chi connectivity index (χ3n) is 3.07. The van der Waals surface area contributed by atoms with Gasteiger partial charge in [-0.25, -0.2) is 0 Å². The molecule has 0 saturated heterocycles. The van der Waals surface area contributed by atoms with E-state index in [1.54, 1.807) is 7.11 Å². The van der Waals surface area contributed by atoms with E-state index in [1.165, 1.54) is 11.3 Å². The van der Waals surface area contributed by atoms with Crippen molar-refractivity contribution >= 4 is 22.4 Å². The molecule has 2 rings (SSSR count). The lowest BCUT2D eigenvalue weighted by atomic mass is 9.97. The minimum absolute atomic E-state index is 0.0338. The van der Waals surface area contributed by atoms with Crippen molar-refractivity contribution in [3.05, 3.63) is 34.8 Å². The lowest BCUT2D eigenvalue weighted by Gasteiger charge is -2.13. The van der Waals surface area contributed by atoms with Crippen molar-refractivity contribution < 1.29 is 9.53 Å². The van der Waals surface area contributed by atoms with E-state index in [1.807, 2.05) is 31.2 Å². The molecule has 1 atom stereocenters. The minimum Gasteiger partial charge on any atom is -0.496 e. The van der Waals surface area contributed by atoms with Gasteiger partial charge in [-0.1, -0.05) is 36.5 Å². The van der Waals surface area contributed by atoms with Gasteiger partial charge in [0.05, 0.1) is 7.11 Å². The number of nitrogens with zero attached hydrogens (tertiary/aromatic N) is 2. The topological polar surface area (TPSA) is 64.1 Å². The van der Waals surface area contributed by atoms with Crippen LogP contribution in [0.25, 0.3) is 0 Å². The average Bonchev–Trinajstić information content (AvgIpc) is 2.84. The van der Waals surface area contributed by atoms with Crippen molar-refractivity contribution in [2.24, 2.45) is 5.92 Å². The molecule has 1 N–H and O–H groups in total. The standard InChI is InChI=1S/C15H19N3O2S/c1-10(8-12-6-4-5-7-13(12)20-3)9-14(19)16-15-18-17-11(2)21-15/h4-7,10H,8-9H2,1-3H3,(H,16,18,19)/t10-/m1/s1. The Kier molecular flexibility index (Phi) is 5.27. The Labute approximate surface area is 128 Å². The Morgan fingerprint density at radius 2 is 2.14 bits per heavy atom. The zero-order valence-electron chi connectivity index (χ0n) is 12.4. The van der Waals surface area contributed by atoms with E-state index in [0.717, 1.165) is 22.7 Å². The second-order valence-electron chi connectivity index (χ2n) is 5.00. The Hall–Kier alpha value is -1.95. The fraction of sp³-hybridized carbons (Fsp3) is 0.400. The van der Waals surface area contributed by atoms with Crippen molar-refractivity contribution in [2.45, 2.75) is 26.7 Å². The van der Waals surface area contributed by atoms with E-state index in [-0.39, 0.29) is 11.8 Å². The van der Waals surface area contributed by atoms with Crippen LogP contribution in [0.5, 0.6) is 5.75 Å². The molecule has 0 unspecified atom stereocenters. The predicted molar refractivity (Wildman–Crippen MR) is 83.8 cm³/mol. The number of carbonyl (C=O) groups excluding carboxylic acids is 1. The van der Waals surface area contributed by atoms with Gasteiger partial charge in [-0.2, -0.15) is 0 Å². The van der Waals surface area contributed by atoms with Gasteiger partial charge in [0.15, 0.2) is 0 Å². The van der Waals surface area contributed by atoms with E-state index < -0.39 is 0 Å². The number of carbonyl (C=O) groups is 1. The zero-order valence-corrected chi connectivity index (χ0v) is 13.2. The smallest absolute Gasteiger partial charge is 0.226 e. The second-order valence-corrected chi connectivity index (χ2v) is 6.18. The fourth-order valence-corrected chi connectivity index (χ4v) is 2.76. The van der Waals surface area contributed by atoms with Crippen LogP contribution in [-0.4, -0.2) is 23.2 Å². The van der Waals surface area contributed by atoms with Crippen LogP contribution in [0.3, 0.4) is 0 Å². The number of nitrogens with one attached hydrogen (secondary N) is 1. The molecule has 5 nitrogen and oxygen atoms in total. The highest BCUT2D eigenvalue weighted by Crippen LogP contribution is 2.22. The number of amides is 1. The van der Waals surface area contributed by atoms with Gasteiger partial charge in [0.2, 0.25) is 11.0 Å². The van der Waals surface area contributed by atoms with Crippen LogP contribution in [-0.2, 0) is 11.2 Å². The molecule has 0 saturated carbocycles. The van der Waals surface area contributed by atoms with E-state index in [9.17, 15) is 4.79 Å². The van der Waals surface area contributed by atoms with Crippen molar-refractivity contribution in [1.82, 2.24) is 10.2 Å². The van der Waals surface area contributed by atoms with E-state index in [2.05, 4.69) is 22.4 Å². The molecule has 112 valence electrons. The highest BCUT2D eigenvalue weighted by atomic mass is 32.1. The number of aromatic nitrogens is 2. The van der Waals surface area contributed by atoms with Gasteiger partial charge in [0, 0.05) is 6.42 Å². The van der Waals surface area contributed by atoms with E-state index >= 15 is 0 Å². The number of methoxy groups -OCH3 is 1. The molecular formula is C15H19N3O2S. The van der Waals surface area contributed by atoms with Gasteiger partial charge in [-0.15, -0.1) is 10.2 Å². The summed E-state index contributed by atoms with van der Waals surface area (Å²) < 4.78 is 5.33. The Morgan fingerprint density at radius 3 is 2.81 bits per heavy atom. The minimum atomic E-state index is -0.0338. The maximum atomic E-state index is 12.0. The first-order valence-electron chi connectivity index (χ1n) is 6.80. The molecule has 0 spiro atoms. The molecule has 1 aromatic heterocycles. The summed E-state index contributed by atoms with van der Waals surface area (Å²) >= 11 is 1.38. The summed E-state index contributed by atoms with van der Waals surface area (Å²) in [4.78, 5) is 12.0. The molecule has 6 heteroatoms. The molecule has 2 aromatic rings.